The molecule has 0 aromatic carbocycles. The lowest BCUT2D eigenvalue weighted by Crippen LogP contribution is -2.21. The number of aromatic nitrogens is 2. The predicted molar refractivity (Wildman–Crippen MR) is 99.1 cm³/mol. The molecule has 8 nitrogen and oxygen atoms in total. The Morgan fingerprint density at radius 3 is 2.57 bits per heavy atom. The van der Waals surface area contributed by atoms with E-state index < -0.39 is 18.4 Å². The number of anilines is 1. The molecule has 0 aliphatic heterocycles. The molecule has 0 saturated heterocycles. The molecule has 0 fully saturated rings. The van der Waals surface area contributed by atoms with Crippen LogP contribution in [0.1, 0.15) is 56.0 Å². The summed E-state index contributed by atoms with van der Waals surface area (Å²) in [4.78, 5) is 38.8. The van der Waals surface area contributed by atoms with Crippen LogP contribution in [0, 0.1) is 6.92 Å². The highest BCUT2D eigenvalue weighted by atomic mass is 32.1. The van der Waals surface area contributed by atoms with Gasteiger partial charge < -0.3 is 15.0 Å². The molecule has 0 spiro atoms. The molecule has 0 atom stereocenters. The molecule has 2 rings (SSSR count). The Morgan fingerprint density at radius 2 is 2.04 bits per heavy atom. The second-order valence-electron chi connectivity index (χ2n) is 6.01. The number of hydrogen-bond donors (Lipinski definition) is 1. The fourth-order valence-electron chi connectivity index (χ4n) is 2.26. The number of esters is 1. The van der Waals surface area contributed by atoms with Gasteiger partial charge in [0.2, 0.25) is 0 Å². The van der Waals surface area contributed by atoms with Gasteiger partial charge in [-0.3, -0.25) is 9.59 Å². The minimum Gasteiger partial charge on any atom is -0.462 e. The van der Waals surface area contributed by atoms with Crippen LogP contribution in [-0.2, 0) is 4.74 Å². The lowest BCUT2D eigenvalue weighted by molar-refractivity contribution is 0.0505. The summed E-state index contributed by atoms with van der Waals surface area (Å²) in [5.41, 5.74) is 0.184. The number of carbonyl (C=O) groups is 3. The third-order valence-electron chi connectivity index (χ3n) is 3.66. The largest absolute Gasteiger partial charge is 0.462 e. The van der Waals surface area contributed by atoms with Gasteiger partial charge >= 0.3 is 12.5 Å². The van der Waals surface area contributed by atoms with E-state index in [0.29, 0.717) is 16.7 Å². The van der Waals surface area contributed by atoms with Gasteiger partial charge in [0, 0.05) is 20.3 Å². The van der Waals surface area contributed by atoms with Crippen LogP contribution in [0.2, 0.25) is 0 Å². The molecule has 1 N–H and O–H groups in total. The highest BCUT2D eigenvalue weighted by Gasteiger charge is 2.28. The average molecular weight is 414 g/mol. The minimum absolute atomic E-state index is 0.0605. The lowest BCUT2D eigenvalue weighted by Gasteiger charge is -2.09. The highest BCUT2D eigenvalue weighted by Crippen LogP contribution is 2.34. The quantitative estimate of drug-likeness (QED) is 0.703. The summed E-state index contributed by atoms with van der Waals surface area (Å²) in [5, 5.41) is 6.07. The van der Waals surface area contributed by atoms with E-state index >= 15 is 0 Å². The summed E-state index contributed by atoms with van der Waals surface area (Å²) in [5.74, 6) is -1.80. The van der Waals surface area contributed by atoms with Gasteiger partial charge in [0.25, 0.3) is 11.8 Å². The molecule has 28 heavy (non-hydrogen) atoms. The van der Waals surface area contributed by atoms with Crippen molar-refractivity contribution in [1.82, 2.24) is 14.7 Å². The van der Waals surface area contributed by atoms with Gasteiger partial charge in [-0.1, -0.05) is 6.92 Å². The monoisotopic (exact) mass is 414 g/mol. The van der Waals surface area contributed by atoms with E-state index in [9.17, 15) is 23.2 Å². The van der Waals surface area contributed by atoms with Gasteiger partial charge in [-0.05, 0) is 25.0 Å². The van der Waals surface area contributed by atoms with E-state index in [1.54, 1.807) is 21.0 Å². The maximum absolute atomic E-state index is 12.6. The SMILES string of the molecule is CCCOC(=O)c1c(NC(=O)c2ccn(C(F)F)n2)sc(C(=O)N(C)C)c1C. The van der Waals surface area contributed by atoms with Gasteiger partial charge in [0.05, 0.1) is 17.0 Å². The van der Waals surface area contributed by atoms with Crippen molar-refractivity contribution in [3.63, 3.8) is 0 Å². The zero-order chi connectivity index (χ0) is 21.0. The molecule has 0 aliphatic carbocycles. The number of thiophene rings is 1. The standard InChI is InChI=1S/C17H20F2N4O4S/c1-5-8-27-16(26)11-9(2)12(15(25)22(3)4)28-14(11)20-13(24)10-6-7-23(21-10)17(18)19/h6-7,17H,5,8H2,1-4H3,(H,20,24). The Hall–Kier alpha value is -2.82. The second-order valence-corrected chi connectivity index (χ2v) is 7.03. The van der Waals surface area contributed by atoms with Crippen LogP contribution in [0.4, 0.5) is 13.8 Å². The number of rotatable bonds is 7. The van der Waals surface area contributed by atoms with Crippen LogP contribution >= 0.6 is 11.3 Å². The molecule has 11 heteroatoms. The topological polar surface area (TPSA) is 93.5 Å². The summed E-state index contributed by atoms with van der Waals surface area (Å²) < 4.78 is 30.8. The van der Waals surface area contributed by atoms with E-state index in [2.05, 4.69) is 10.4 Å². The summed E-state index contributed by atoms with van der Waals surface area (Å²) in [6.45, 7) is 0.708. The Balaban J connectivity index is 2.39. The number of nitrogens with one attached hydrogen (secondary N) is 1. The van der Waals surface area contributed by atoms with Crippen LogP contribution < -0.4 is 5.32 Å². The van der Waals surface area contributed by atoms with Crippen molar-refractivity contribution in [3.05, 3.63) is 34.0 Å². The highest BCUT2D eigenvalue weighted by molar-refractivity contribution is 7.18. The van der Waals surface area contributed by atoms with E-state index in [1.165, 1.54) is 4.90 Å². The number of hydrogen-bond acceptors (Lipinski definition) is 6. The van der Waals surface area contributed by atoms with Gasteiger partial charge in [-0.25, -0.2) is 9.48 Å². The van der Waals surface area contributed by atoms with E-state index in [-0.39, 0.29) is 33.6 Å². The summed E-state index contributed by atoms with van der Waals surface area (Å²) in [7, 11) is 3.12. The van der Waals surface area contributed by atoms with Gasteiger partial charge in [0.15, 0.2) is 5.69 Å². The summed E-state index contributed by atoms with van der Waals surface area (Å²) in [6.07, 6.45) is 1.57. The van der Waals surface area contributed by atoms with Crippen LogP contribution in [0.25, 0.3) is 0 Å². The maximum Gasteiger partial charge on any atom is 0.341 e. The number of alkyl halides is 2. The lowest BCUT2D eigenvalue weighted by atomic mass is 10.1. The minimum atomic E-state index is -2.88. The zero-order valence-electron chi connectivity index (χ0n) is 15.8. The van der Waals surface area contributed by atoms with Crippen molar-refractivity contribution >= 4 is 34.1 Å². The molecule has 0 aliphatic rings. The molecule has 2 aromatic heterocycles. The van der Waals surface area contributed by atoms with Crippen molar-refractivity contribution in [2.24, 2.45) is 0 Å². The van der Waals surface area contributed by atoms with Crippen LogP contribution in [-0.4, -0.2) is 53.2 Å². The Morgan fingerprint density at radius 1 is 1.36 bits per heavy atom. The molecule has 2 amide bonds. The van der Waals surface area contributed by atoms with Gasteiger partial charge in [0.1, 0.15) is 5.00 Å². The Kier molecular flexibility index (Phi) is 6.84. The fourth-order valence-corrected chi connectivity index (χ4v) is 3.47. The molecular formula is C17H20F2N4O4S. The van der Waals surface area contributed by atoms with Crippen molar-refractivity contribution in [3.8, 4) is 0 Å². The van der Waals surface area contributed by atoms with E-state index in [0.717, 1.165) is 23.6 Å². The smallest absolute Gasteiger partial charge is 0.341 e. The molecule has 0 radical (unpaired) electrons. The molecule has 0 unspecified atom stereocenters. The number of ether oxygens (including phenoxy) is 1. The first-order chi connectivity index (χ1) is 13.2. The van der Waals surface area contributed by atoms with Crippen LogP contribution in [0.15, 0.2) is 12.3 Å². The van der Waals surface area contributed by atoms with E-state index in [4.69, 9.17) is 4.74 Å². The zero-order valence-corrected chi connectivity index (χ0v) is 16.6. The first kappa shape index (κ1) is 21.5. The van der Waals surface area contributed by atoms with Crippen LogP contribution in [0.3, 0.4) is 0 Å². The third-order valence-corrected chi connectivity index (χ3v) is 4.85. The van der Waals surface area contributed by atoms with Gasteiger partial charge in [-0.2, -0.15) is 13.9 Å². The molecule has 0 saturated carbocycles. The second kappa shape index (κ2) is 8.91. The molecule has 0 bridgehead atoms. The predicted octanol–water partition coefficient (Wildman–Crippen LogP) is 3.17. The first-order valence-corrected chi connectivity index (χ1v) is 9.15. The van der Waals surface area contributed by atoms with Gasteiger partial charge in [-0.15, -0.1) is 11.3 Å². The van der Waals surface area contributed by atoms with Crippen molar-refractivity contribution in [1.29, 1.82) is 0 Å². The van der Waals surface area contributed by atoms with Crippen molar-refractivity contribution < 1.29 is 27.9 Å². The van der Waals surface area contributed by atoms with Crippen molar-refractivity contribution in [2.75, 3.05) is 26.0 Å². The number of halogens is 2. The van der Waals surface area contributed by atoms with Crippen LogP contribution in [0.5, 0.6) is 0 Å². The molecule has 152 valence electrons. The number of nitrogens with zero attached hydrogens (tertiary/aromatic N) is 3. The first-order valence-electron chi connectivity index (χ1n) is 8.34. The Bertz CT molecular complexity index is 892. The normalized spacial score (nSPS) is 10.8. The third kappa shape index (κ3) is 4.53. The van der Waals surface area contributed by atoms with E-state index in [1.807, 2.05) is 6.92 Å². The average Bonchev–Trinajstić information content (AvgIpc) is 3.24. The maximum atomic E-state index is 12.6. The molecular weight excluding hydrogens is 394 g/mol. The summed E-state index contributed by atoms with van der Waals surface area (Å²) >= 11 is 0.914. The number of carbonyl (C=O) groups excluding carboxylic acids is 3. The molecule has 2 aromatic rings. The fraction of sp³-hybridized carbons (Fsp3) is 0.412. The summed E-state index contributed by atoms with van der Waals surface area (Å²) in [6, 6.07) is 1.13. The van der Waals surface area contributed by atoms with Crippen molar-refractivity contribution in [2.45, 2.75) is 26.8 Å². The number of amides is 2. The molecule has 2 heterocycles. The Labute approximate surface area is 164 Å².